The molecule has 6 N–H and O–H groups in total. The Hall–Kier alpha value is -2.38. The van der Waals surface area contributed by atoms with Gasteiger partial charge < -0.3 is 45.1 Å². The molecule has 89 heavy (non-hydrogen) atoms. The second-order valence-corrected chi connectivity index (χ2v) is 26.7. The van der Waals surface area contributed by atoms with Crippen molar-refractivity contribution in [1.29, 1.82) is 0 Å². The van der Waals surface area contributed by atoms with E-state index in [0.717, 1.165) is 64.2 Å². The molecule has 1 amide bonds. The summed E-state index contributed by atoms with van der Waals surface area (Å²) in [7, 11) is 0. The lowest BCUT2D eigenvalue weighted by molar-refractivity contribution is -0.302. The van der Waals surface area contributed by atoms with E-state index in [1.165, 1.54) is 283 Å². The predicted molar refractivity (Wildman–Crippen MR) is 375 cm³/mol. The molecular formula is C78H145NO10. The fourth-order valence-electron chi connectivity index (χ4n) is 12.1. The second kappa shape index (κ2) is 67.1. The van der Waals surface area contributed by atoms with Gasteiger partial charge in [0.1, 0.15) is 24.4 Å². The number of aliphatic hydroxyl groups excluding tert-OH is 5. The Morgan fingerprint density at radius 2 is 0.753 bits per heavy atom. The number of carbonyl (C=O) groups is 2. The molecule has 1 heterocycles. The van der Waals surface area contributed by atoms with E-state index in [1.54, 1.807) is 6.08 Å². The quantitative estimate of drug-likeness (QED) is 0.0195. The van der Waals surface area contributed by atoms with Crippen LogP contribution in [0.15, 0.2) is 48.6 Å². The van der Waals surface area contributed by atoms with Crippen molar-refractivity contribution in [3.63, 3.8) is 0 Å². The minimum atomic E-state index is -1.57. The van der Waals surface area contributed by atoms with Gasteiger partial charge in [0.2, 0.25) is 5.91 Å². The third-order valence-corrected chi connectivity index (χ3v) is 18.2. The fourth-order valence-corrected chi connectivity index (χ4v) is 12.1. The Bertz CT molecular complexity index is 1620. The molecule has 522 valence electrons. The number of nitrogens with one attached hydrogen (secondary N) is 1. The average Bonchev–Trinajstić information content (AvgIpc) is 2.45. The van der Waals surface area contributed by atoms with Gasteiger partial charge in [-0.15, -0.1) is 0 Å². The number of carbonyl (C=O) groups excluding carboxylic acids is 2. The van der Waals surface area contributed by atoms with Crippen LogP contribution in [0.4, 0.5) is 0 Å². The highest BCUT2D eigenvalue weighted by Crippen LogP contribution is 2.24. The first kappa shape index (κ1) is 84.6. The van der Waals surface area contributed by atoms with Crippen LogP contribution in [-0.2, 0) is 23.8 Å². The SMILES string of the molecule is CCCCC/C=C\CCCCCCCC(=O)OCCCCCCCCCCCCCCC/C=C\C/C=C\CCCCCCCCCCCCCCCCCCCC(=O)NC(COC1OC(CO)C(O)C(O)C1O)C(O)/C=C/CCCCCCCCCCCC. The largest absolute Gasteiger partial charge is 0.466 e. The number of unbranched alkanes of at least 4 members (excludes halogenated alkanes) is 48. The first-order chi connectivity index (χ1) is 43.7. The van der Waals surface area contributed by atoms with Crippen LogP contribution >= 0.6 is 0 Å². The lowest BCUT2D eigenvalue weighted by atomic mass is 9.99. The number of aliphatic hydroxyl groups is 5. The van der Waals surface area contributed by atoms with Gasteiger partial charge in [0, 0.05) is 12.8 Å². The van der Waals surface area contributed by atoms with Crippen LogP contribution in [0.1, 0.15) is 373 Å². The van der Waals surface area contributed by atoms with Crippen LogP contribution in [0.5, 0.6) is 0 Å². The number of amides is 1. The summed E-state index contributed by atoms with van der Waals surface area (Å²) < 4.78 is 16.7. The monoisotopic (exact) mass is 1260 g/mol. The Balaban J connectivity index is 1.92. The van der Waals surface area contributed by atoms with Gasteiger partial charge in [-0.1, -0.05) is 319 Å². The molecule has 0 aromatic carbocycles. The van der Waals surface area contributed by atoms with Gasteiger partial charge in [0.05, 0.1) is 32.0 Å². The lowest BCUT2D eigenvalue weighted by Gasteiger charge is -2.40. The molecule has 1 aliphatic heterocycles. The molecule has 1 aliphatic rings. The van der Waals surface area contributed by atoms with Gasteiger partial charge in [-0.25, -0.2) is 0 Å². The van der Waals surface area contributed by atoms with E-state index in [9.17, 15) is 35.1 Å². The van der Waals surface area contributed by atoms with Gasteiger partial charge in [-0.3, -0.25) is 9.59 Å². The number of hydrogen-bond acceptors (Lipinski definition) is 10. The molecule has 1 saturated heterocycles. The Morgan fingerprint density at radius 3 is 1.17 bits per heavy atom. The maximum atomic E-state index is 13.1. The molecule has 0 saturated carbocycles. The fraction of sp³-hybridized carbons (Fsp3) is 0.872. The zero-order valence-corrected chi connectivity index (χ0v) is 58.2. The summed E-state index contributed by atoms with van der Waals surface area (Å²) >= 11 is 0. The van der Waals surface area contributed by atoms with E-state index in [-0.39, 0.29) is 18.5 Å². The van der Waals surface area contributed by atoms with E-state index in [2.05, 4.69) is 55.6 Å². The summed E-state index contributed by atoms with van der Waals surface area (Å²) in [6.07, 6.45) is 78.4. The summed E-state index contributed by atoms with van der Waals surface area (Å²) in [5.74, 6) is -0.175. The molecule has 7 unspecified atom stereocenters. The highest BCUT2D eigenvalue weighted by molar-refractivity contribution is 5.76. The molecule has 11 nitrogen and oxygen atoms in total. The van der Waals surface area contributed by atoms with Crippen molar-refractivity contribution in [2.24, 2.45) is 0 Å². The summed E-state index contributed by atoms with van der Waals surface area (Å²) in [6.45, 7) is 4.35. The van der Waals surface area contributed by atoms with Gasteiger partial charge in [0.25, 0.3) is 0 Å². The first-order valence-electron chi connectivity index (χ1n) is 38.4. The topological polar surface area (TPSA) is 175 Å². The molecular weight excluding hydrogens is 1110 g/mol. The first-order valence-corrected chi connectivity index (χ1v) is 38.4. The number of rotatable bonds is 68. The van der Waals surface area contributed by atoms with Crippen LogP contribution in [0.3, 0.4) is 0 Å². The average molecular weight is 1260 g/mol. The molecule has 0 aliphatic carbocycles. The molecule has 7 atom stereocenters. The van der Waals surface area contributed by atoms with Crippen molar-refractivity contribution in [2.75, 3.05) is 19.8 Å². The van der Waals surface area contributed by atoms with Crippen LogP contribution in [0.2, 0.25) is 0 Å². The molecule has 0 radical (unpaired) electrons. The predicted octanol–water partition coefficient (Wildman–Crippen LogP) is 20.3. The van der Waals surface area contributed by atoms with Crippen molar-refractivity contribution in [2.45, 2.75) is 416 Å². The van der Waals surface area contributed by atoms with Crippen LogP contribution < -0.4 is 5.32 Å². The number of hydrogen-bond donors (Lipinski definition) is 6. The number of allylic oxidation sites excluding steroid dienone is 7. The third-order valence-electron chi connectivity index (χ3n) is 18.2. The smallest absolute Gasteiger partial charge is 0.305 e. The van der Waals surface area contributed by atoms with Crippen molar-refractivity contribution in [3.8, 4) is 0 Å². The van der Waals surface area contributed by atoms with E-state index in [1.807, 2.05) is 6.08 Å². The lowest BCUT2D eigenvalue weighted by Crippen LogP contribution is -2.60. The summed E-state index contributed by atoms with van der Waals surface area (Å²) in [6, 6.07) is -0.808. The molecule has 0 spiro atoms. The summed E-state index contributed by atoms with van der Waals surface area (Å²) in [5, 5.41) is 54.5. The van der Waals surface area contributed by atoms with Gasteiger partial charge >= 0.3 is 5.97 Å². The molecule has 0 aromatic heterocycles. The highest BCUT2D eigenvalue weighted by atomic mass is 16.7. The summed E-state index contributed by atoms with van der Waals surface area (Å²) in [4.78, 5) is 25.1. The van der Waals surface area contributed by atoms with E-state index < -0.39 is 49.5 Å². The van der Waals surface area contributed by atoms with E-state index in [4.69, 9.17) is 14.2 Å². The van der Waals surface area contributed by atoms with Gasteiger partial charge in [0.15, 0.2) is 6.29 Å². The maximum Gasteiger partial charge on any atom is 0.305 e. The zero-order valence-electron chi connectivity index (χ0n) is 58.2. The van der Waals surface area contributed by atoms with Gasteiger partial charge in [-0.05, 0) is 89.9 Å². The normalized spacial score (nSPS) is 17.9. The van der Waals surface area contributed by atoms with Crippen molar-refractivity contribution < 1.29 is 49.3 Å². The van der Waals surface area contributed by atoms with Crippen LogP contribution in [-0.4, -0.2) is 100 Å². The van der Waals surface area contributed by atoms with Crippen molar-refractivity contribution in [1.82, 2.24) is 5.32 Å². The number of ether oxygens (including phenoxy) is 3. The van der Waals surface area contributed by atoms with Crippen LogP contribution in [0, 0.1) is 0 Å². The molecule has 1 rings (SSSR count). The third kappa shape index (κ3) is 55.8. The van der Waals surface area contributed by atoms with E-state index in [0.29, 0.717) is 19.4 Å². The molecule has 0 aromatic rings. The van der Waals surface area contributed by atoms with Crippen LogP contribution in [0.25, 0.3) is 0 Å². The standard InChI is InChI=1S/C78H145NO10/c1-3-5-7-9-11-13-15-44-48-52-56-60-64-71(81)70(69-88-78-77(86)76(85)75(84)72(68-80)89-78)79-73(82)65-61-57-53-49-45-42-40-38-36-34-32-30-28-26-24-22-20-18-17-19-21-23-25-27-29-31-33-35-37-39-41-43-47-51-55-59-63-67-87-74(83)66-62-58-54-50-46-16-14-12-10-8-6-4-2/h12,14,17,19,23,25,60,64,70-72,75-78,80-81,84-86H,3-11,13,15-16,18,20-22,24,26-59,61-63,65-69H2,1-2H3,(H,79,82)/b14-12-,19-17-,25-23-,64-60+. The van der Waals surface area contributed by atoms with Gasteiger partial charge in [-0.2, -0.15) is 0 Å². The number of esters is 1. The van der Waals surface area contributed by atoms with Crippen molar-refractivity contribution in [3.05, 3.63) is 48.6 Å². The minimum absolute atomic E-state index is 0.00259. The molecule has 11 heteroatoms. The maximum absolute atomic E-state index is 13.1. The summed E-state index contributed by atoms with van der Waals surface area (Å²) in [5.41, 5.74) is 0. The highest BCUT2D eigenvalue weighted by Gasteiger charge is 2.44. The minimum Gasteiger partial charge on any atom is -0.466 e. The zero-order chi connectivity index (χ0) is 64.4. The Labute approximate surface area is 548 Å². The molecule has 1 fully saturated rings. The van der Waals surface area contributed by atoms with E-state index >= 15 is 0 Å². The Kier molecular flexibility index (Phi) is 63.8. The second-order valence-electron chi connectivity index (χ2n) is 26.7. The van der Waals surface area contributed by atoms with Crippen molar-refractivity contribution >= 4 is 11.9 Å². The Morgan fingerprint density at radius 1 is 0.416 bits per heavy atom. The molecule has 0 bridgehead atoms.